The minimum absolute atomic E-state index is 0.0669. The van der Waals surface area contributed by atoms with Crippen molar-refractivity contribution in [2.24, 2.45) is 7.05 Å². The first-order valence-corrected chi connectivity index (χ1v) is 12.6. The van der Waals surface area contributed by atoms with Crippen LogP contribution in [0.3, 0.4) is 0 Å². The van der Waals surface area contributed by atoms with Crippen molar-refractivity contribution < 1.29 is 22.7 Å². The molecule has 1 aliphatic rings. The number of carbonyl (C=O) groups excluding carboxylic acids is 1. The second kappa shape index (κ2) is 10.4. The zero-order valence-corrected chi connectivity index (χ0v) is 21.7. The van der Waals surface area contributed by atoms with Crippen LogP contribution < -0.4 is 15.4 Å². The summed E-state index contributed by atoms with van der Waals surface area (Å²) in [5.74, 6) is -0.599. The highest BCUT2D eigenvalue weighted by Gasteiger charge is 2.33. The summed E-state index contributed by atoms with van der Waals surface area (Å²) >= 11 is 0. The van der Waals surface area contributed by atoms with Crippen LogP contribution in [0.4, 0.5) is 30.5 Å². The lowest BCUT2D eigenvalue weighted by Gasteiger charge is -2.18. The fraction of sp³-hybridized carbons (Fsp3) is 0.286. The number of fused-ring (bicyclic) bond motifs is 3. The van der Waals surface area contributed by atoms with E-state index in [1.807, 2.05) is 32.0 Å². The first-order chi connectivity index (χ1) is 18.7. The Hall–Kier alpha value is -4.41. The number of rotatable bonds is 7. The van der Waals surface area contributed by atoms with Gasteiger partial charge in [-0.15, -0.1) is 13.2 Å². The molecule has 2 aromatic heterocycles. The quantitative estimate of drug-likeness (QED) is 0.301. The zero-order chi connectivity index (χ0) is 27.7. The van der Waals surface area contributed by atoms with Gasteiger partial charge in [0.2, 0.25) is 5.95 Å². The third kappa shape index (κ3) is 5.29. The van der Waals surface area contributed by atoms with E-state index >= 15 is 0 Å². The normalized spacial score (nSPS) is 12.5. The van der Waals surface area contributed by atoms with E-state index in [0.717, 1.165) is 40.8 Å². The molecule has 5 rings (SSSR count). The third-order valence-electron chi connectivity index (χ3n) is 6.69. The van der Waals surface area contributed by atoms with Crippen molar-refractivity contribution in [2.75, 3.05) is 10.6 Å². The molecule has 0 saturated heterocycles. The van der Waals surface area contributed by atoms with Crippen LogP contribution in [0, 0.1) is 0 Å². The zero-order valence-electron chi connectivity index (χ0n) is 21.7. The molecule has 0 spiro atoms. The number of para-hydroxylation sites is 3. The molecular weight excluding hydrogens is 509 g/mol. The van der Waals surface area contributed by atoms with Gasteiger partial charge in [-0.05, 0) is 54.5 Å². The lowest BCUT2D eigenvalue weighted by atomic mass is 9.93. The molecule has 2 N–H and O–H groups in total. The van der Waals surface area contributed by atoms with Crippen LogP contribution in [0.15, 0.2) is 48.7 Å². The highest BCUT2D eigenvalue weighted by atomic mass is 19.4. The van der Waals surface area contributed by atoms with E-state index in [9.17, 15) is 18.0 Å². The van der Waals surface area contributed by atoms with E-state index in [-0.39, 0.29) is 17.5 Å². The standard InChI is InChI=1S/C28H27F3N6O2/c1-4-16-9-8-10-17(5-2)22(16)34-26(38)24-19-14-13-18-15-32-27(35-23(18)25(19)37(3)36-24)33-20-11-6-7-12-21(20)39-28(29,30)31/h6-12,15H,4-5,13-14H2,1-3H3,(H,34,38)(H,32,33,35). The number of nitrogens with zero attached hydrogens (tertiary/aromatic N) is 4. The first kappa shape index (κ1) is 26.2. The Morgan fingerprint density at radius 3 is 2.46 bits per heavy atom. The van der Waals surface area contributed by atoms with Gasteiger partial charge in [-0.1, -0.05) is 44.2 Å². The predicted octanol–water partition coefficient (Wildman–Crippen LogP) is 6.00. The molecule has 2 heterocycles. The molecule has 0 unspecified atom stereocenters. The van der Waals surface area contributed by atoms with Gasteiger partial charge in [0.05, 0.1) is 17.1 Å². The maximum absolute atomic E-state index is 13.5. The number of anilines is 3. The summed E-state index contributed by atoms with van der Waals surface area (Å²) in [6.45, 7) is 4.09. The summed E-state index contributed by atoms with van der Waals surface area (Å²) in [7, 11) is 1.74. The van der Waals surface area contributed by atoms with Crippen molar-refractivity contribution in [3.8, 4) is 17.1 Å². The SMILES string of the molecule is CCc1cccc(CC)c1NC(=O)c1nn(C)c2c1CCc1cnc(Nc3ccccc3OC(F)(F)F)nc1-2. The van der Waals surface area contributed by atoms with E-state index in [1.165, 1.54) is 18.2 Å². The van der Waals surface area contributed by atoms with Gasteiger partial charge in [0, 0.05) is 24.5 Å². The van der Waals surface area contributed by atoms with Crippen molar-refractivity contribution in [2.45, 2.75) is 45.9 Å². The van der Waals surface area contributed by atoms with Gasteiger partial charge in [0.15, 0.2) is 11.4 Å². The van der Waals surface area contributed by atoms with Crippen LogP contribution in [0.1, 0.15) is 46.6 Å². The van der Waals surface area contributed by atoms with E-state index in [4.69, 9.17) is 0 Å². The first-order valence-electron chi connectivity index (χ1n) is 12.6. The third-order valence-corrected chi connectivity index (χ3v) is 6.69. The fourth-order valence-corrected chi connectivity index (χ4v) is 4.88. The minimum Gasteiger partial charge on any atom is -0.404 e. The van der Waals surface area contributed by atoms with Gasteiger partial charge in [-0.2, -0.15) is 5.10 Å². The van der Waals surface area contributed by atoms with Crippen molar-refractivity contribution in [3.63, 3.8) is 0 Å². The van der Waals surface area contributed by atoms with E-state index < -0.39 is 12.1 Å². The molecule has 0 radical (unpaired) electrons. The lowest BCUT2D eigenvalue weighted by molar-refractivity contribution is -0.274. The van der Waals surface area contributed by atoms with Gasteiger partial charge in [-0.3, -0.25) is 9.48 Å². The average Bonchev–Trinajstić information content (AvgIpc) is 3.26. The van der Waals surface area contributed by atoms with Gasteiger partial charge in [0.1, 0.15) is 0 Å². The van der Waals surface area contributed by atoms with Crippen LogP contribution in [-0.4, -0.2) is 32.0 Å². The summed E-state index contributed by atoms with van der Waals surface area (Å²) < 4.78 is 44.3. The molecule has 11 heteroatoms. The molecule has 0 bridgehead atoms. The van der Waals surface area contributed by atoms with E-state index in [2.05, 4.69) is 30.4 Å². The number of hydrogen-bond acceptors (Lipinski definition) is 6. The van der Waals surface area contributed by atoms with Crippen molar-refractivity contribution in [3.05, 3.63) is 76.6 Å². The van der Waals surface area contributed by atoms with Crippen molar-refractivity contribution in [1.29, 1.82) is 0 Å². The number of alkyl halides is 3. The Balaban J connectivity index is 1.47. The smallest absolute Gasteiger partial charge is 0.404 e. The summed E-state index contributed by atoms with van der Waals surface area (Å²) in [6, 6.07) is 11.7. The summed E-state index contributed by atoms with van der Waals surface area (Å²) in [5.41, 5.74) is 6.17. The molecule has 202 valence electrons. The number of aryl methyl sites for hydroxylation is 4. The Labute approximate surface area is 223 Å². The molecule has 8 nitrogen and oxygen atoms in total. The van der Waals surface area contributed by atoms with Gasteiger partial charge in [0.25, 0.3) is 5.91 Å². The van der Waals surface area contributed by atoms with Gasteiger partial charge < -0.3 is 15.4 Å². The van der Waals surface area contributed by atoms with Crippen molar-refractivity contribution in [1.82, 2.24) is 19.7 Å². The number of halogens is 3. The number of benzene rings is 2. The molecule has 2 aromatic carbocycles. The van der Waals surface area contributed by atoms with Crippen LogP contribution in [0.2, 0.25) is 0 Å². The molecule has 1 aliphatic carbocycles. The predicted molar refractivity (Wildman–Crippen MR) is 141 cm³/mol. The summed E-state index contributed by atoms with van der Waals surface area (Å²) in [6.07, 6.45) is -0.479. The fourth-order valence-electron chi connectivity index (χ4n) is 4.88. The Morgan fingerprint density at radius 1 is 1.05 bits per heavy atom. The van der Waals surface area contributed by atoms with Crippen LogP contribution in [0.5, 0.6) is 5.75 Å². The molecular formula is C28H27F3N6O2. The van der Waals surface area contributed by atoms with E-state index in [1.54, 1.807) is 24.0 Å². The molecule has 0 saturated carbocycles. The summed E-state index contributed by atoms with van der Waals surface area (Å²) in [4.78, 5) is 22.4. The van der Waals surface area contributed by atoms with Gasteiger partial charge >= 0.3 is 6.36 Å². The van der Waals surface area contributed by atoms with Crippen LogP contribution in [-0.2, 0) is 32.7 Å². The molecule has 1 amide bonds. The lowest BCUT2D eigenvalue weighted by Crippen LogP contribution is -2.18. The number of ether oxygens (including phenoxy) is 1. The Morgan fingerprint density at radius 2 is 1.77 bits per heavy atom. The number of nitrogens with one attached hydrogen (secondary N) is 2. The molecule has 39 heavy (non-hydrogen) atoms. The number of hydrogen-bond donors (Lipinski definition) is 2. The number of aromatic nitrogens is 4. The molecule has 0 atom stereocenters. The topological polar surface area (TPSA) is 94.0 Å². The number of carbonyl (C=O) groups is 1. The largest absolute Gasteiger partial charge is 0.573 e. The Kier molecular flexibility index (Phi) is 6.98. The number of amides is 1. The highest BCUT2D eigenvalue weighted by molar-refractivity contribution is 6.06. The monoisotopic (exact) mass is 536 g/mol. The Bertz CT molecular complexity index is 1520. The molecule has 0 fully saturated rings. The molecule has 0 aliphatic heterocycles. The molecule has 4 aromatic rings. The maximum Gasteiger partial charge on any atom is 0.573 e. The van der Waals surface area contributed by atoms with E-state index in [0.29, 0.717) is 29.9 Å². The average molecular weight is 537 g/mol. The minimum atomic E-state index is -4.84. The second-order valence-electron chi connectivity index (χ2n) is 9.15. The van der Waals surface area contributed by atoms with Crippen LogP contribution >= 0.6 is 0 Å². The van der Waals surface area contributed by atoms with Crippen molar-refractivity contribution >= 4 is 23.2 Å². The van der Waals surface area contributed by atoms with Crippen LogP contribution in [0.25, 0.3) is 11.4 Å². The summed E-state index contributed by atoms with van der Waals surface area (Å²) in [5, 5.41) is 10.5. The maximum atomic E-state index is 13.5. The highest BCUT2D eigenvalue weighted by Crippen LogP contribution is 2.36. The van der Waals surface area contributed by atoms with Gasteiger partial charge in [-0.25, -0.2) is 9.97 Å². The second-order valence-corrected chi connectivity index (χ2v) is 9.15.